The monoisotopic (exact) mass is 105 g/mol. The van der Waals surface area contributed by atoms with Crippen LogP contribution in [-0.2, 0) is 4.65 Å². The van der Waals surface area contributed by atoms with Gasteiger partial charge in [-0.1, -0.05) is 0 Å². The SMILES string of the molecule is NC(=O)OB(O)O. The fraction of sp³-hybridized carbons (Fsp3) is 0. The molecule has 1 amide bonds. The van der Waals surface area contributed by atoms with Crippen molar-refractivity contribution in [1.82, 2.24) is 0 Å². The maximum absolute atomic E-state index is 9.49. The zero-order valence-corrected chi connectivity index (χ0v) is 3.37. The van der Waals surface area contributed by atoms with E-state index in [0.29, 0.717) is 0 Å². The van der Waals surface area contributed by atoms with Crippen LogP contribution in [0.3, 0.4) is 0 Å². The van der Waals surface area contributed by atoms with E-state index in [2.05, 4.69) is 10.4 Å². The third-order valence-electron chi connectivity index (χ3n) is 0.222. The van der Waals surface area contributed by atoms with Crippen molar-refractivity contribution in [3.63, 3.8) is 0 Å². The van der Waals surface area contributed by atoms with E-state index in [4.69, 9.17) is 10.0 Å². The molecule has 0 saturated carbocycles. The second-order valence-corrected chi connectivity index (χ2v) is 0.763. The van der Waals surface area contributed by atoms with E-state index < -0.39 is 13.4 Å². The first-order valence-electron chi connectivity index (χ1n) is 1.45. The molecule has 0 atom stereocenters. The number of primary amides is 1. The number of hydrogen-bond donors (Lipinski definition) is 3. The lowest BCUT2D eigenvalue weighted by Gasteiger charge is -1.93. The van der Waals surface area contributed by atoms with Gasteiger partial charge < -0.3 is 20.4 Å². The third kappa shape index (κ3) is 5.25. The van der Waals surface area contributed by atoms with Crippen molar-refractivity contribution in [2.75, 3.05) is 0 Å². The first-order valence-corrected chi connectivity index (χ1v) is 1.45. The largest absolute Gasteiger partial charge is 0.710 e. The summed E-state index contributed by atoms with van der Waals surface area (Å²) in [6.07, 6.45) is -1.21. The van der Waals surface area contributed by atoms with Crippen LogP contribution in [0.4, 0.5) is 4.79 Å². The average molecular weight is 105 g/mol. The highest BCUT2D eigenvalue weighted by atomic mass is 16.7. The van der Waals surface area contributed by atoms with Crippen molar-refractivity contribution in [2.45, 2.75) is 0 Å². The Hall–Kier alpha value is -0.745. The van der Waals surface area contributed by atoms with E-state index >= 15 is 0 Å². The van der Waals surface area contributed by atoms with Crippen LogP contribution in [0.2, 0.25) is 0 Å². The minimum absolute atomic E-state index is 1.21. The summed E-state index contributed by atoms with van der Waals surface area (Å²) >= 11 is 0. The average Bonchev–Trinajstić information content (AvgIpc) is 1.27. The second-order valence-electron chi connectivity index (χ2n) is 0.763. The van der Waals surface area contributed by atoms with Crippen molar-refractivity contribution in [1.29, 1.82) is 0 Å². The molecule has 0 aromatic heterocycles. The molecule has 40 valence electrons. The molecule has 0 aliphatic carbocycles. The second kappa shape index (κ2) is 2.43. The summed E-state index contributed by atoms with van der Waals surface area (Å²) in [7, 11) is -2.10. The molecule has 0 spiro atoms. The summed E-state index contributed by atoms with van der Waals surface area (Å²) in [4.78, 5) is 9.49. The van der Waals surface area contributed by atoms with Crippen molar-refractivity contribution in [2.24, 2.45) is 5.73 Å². The molecular weight excluding hydrogens is 101 g/mol. The Morgan fingerprint density at radius 3 is 2.14 bits per heavy atom. The Kier molecular flexibility index (Phi) is 2.17. The van der Waals surface area contributed by atoms with Gasteiger partial charge in [0.05, 0.1) is 0 Å². The predicted octanol–water partition coefficient (Wildman–Crippen LogP) is -1.95. The minimum atomic E-state index is -2.10. The van der Waals surface area contributed by atoms with E-state index in [1.54, 1.807) is 0 Å². The first kappa shape index (κ1) is 6.25. The molecule has 0 radical (unpaired) electrons. The quantitative estimate of drug-likeness (QED) is 0.338. The Balaban J connectivity index is 3.13. The number of rotatable bonds is 1. The lowest BCUT2D eigenvalue weighted by Crippen LogP contribution is -2.25. The molecule has 0 heterocycles. The summed E-state index contributed by atoms with van der Waals surface area (Å²) in [5.74, 6) is 0. The van der Waals surface area contributed by atoms with Crippen LogP contribution in [0.5, 0.6) is 0 Å². The van der Waals surface area contributed by atoms with Crippen LogP contribution >= 0.6 is 0 Å². The molecule has 0 saturated heterocycles. The van der Waals surface area contributed by atoms with E-state index in [1.807, 2.05) is 0 Å². The summed E-state index contributed by atoms with van der Waals surface area (Å²) in [5, 5.41) is 15.5. The highest BCUT2D eigenvalue weighted by Gasteiger charge is 2.11. The zero-order valence-electron chi connectivity index (χ0n) is 3.37. The van der Waals surface area contributed by atoms with Gasteiger partial charge in [-0.2, -0.15) is 0 Å². The summed E-state index contributed by atoms with van der Waals surface area (Å²) in [6, 6.07) is 0. The molecule has 4 N–H and O–H groups in total. The molecule has 5 nitrogen and oxygen atoms in total. The van der Waals surface area contributed by atoms with Gasteiger partial charge in [0, 0.05) is 0 Å². The van der Waals surface area contributed by atoms with Crippen molar-refractivity contribution >= 4 is 13.4 Å². The van der Waals surface area contributed by atoms with E-state index in [9.17, 15) is 4.79 Å². The van der Waals surface area contributed by atoms with Crippen LogP contribution in [-0.4, -0.2) is 23.5 Å². The van der Waals surface area contributed by atoms with Gasteiger partial charge in [-0.15, -0.1) is 0 Å². The fourth-order valence-electron chi connectivity index (χ4n) is 0.104. The van der Waals surface area contributed by atoms with Gasteiger partial charge in [-0.3, -0.25) is 0 Å². The van der Waals surface area contributed by atoms with Gasteiger partial charge in [-0.05, 0) is 0 Å². The van der Waals surface area contributed by atoms with Crippen LogP contribution in [0.1, 0.15) is 0 Å². The molecule has 0 aromatic rings. The number of carbonyl (C=O) groups excluding carboxylic acids is 1. The molecule has 6 heteroatoms. The van der Waals surface area contributed by atoms with Gasteiger partial charge >= 0.3 is 13.4 Å². The van der Waals surface area contributed by atoms with E-state index in [-0.39, 0.29) is 0 Å². The van der Waals surface area contributed by atoms with Crippen molar-refractivity contribution in [3.8, 4) is 0 Å². The van der Waals surface area contributed by atoms with Gasteiger partial charge in [0.25, 0.3) is 0 Å². The lowest BCUT2D eigenvalue weighted by molar-refractivity contribution is 0.180. The highest BCUT2D eigenvalue weighted by molar-refractivity contribution is 6.35. The van der Waals surface area contributed by atoms with E-state index in [1.165, 1.54) is 0 Å². The van der Waals surface area contributed by atoms with Crippen LogP contribution in [0, 0.1) is 0 Å². The Labute approximate surface area is 39.9 Å². The zero-order chi connectivity index (χ0) is 5.86. The Morgan fingerprint density at radius 1 is 1.71 bits per heavy atom. The fourth-order valence-corrected chi connectivity index (χ4v) is 0.104. The standard InChI is InChI=1S/CH4BNO4/c3-1(4)7-2(5)6/h5-6H,(H2,3,4). The molecule has 7 heavy (non-hydrogen) atoms. The minimum Gasteiger partial charge on any atom is -0.468 e. The summed E-state index contributed by atoms with van der Waals surface area (Å²) in [6.45, 7) is 0. The molecule has 0 fully saturated rings. The summed E-state index contributed by atoms with van der Waals surface area (Å²) in [5.41, 5.74) is 4.31. The number of nitrogens with two attached hydrogens (primary N) is 1. The third-order valence-corrected chi connectivity index (χ3v) is 0.222. The predicted molar refractivity (Wildman–Crippen MR) is 20.9 cm³/mol. The maximum Gasteiger partial charge on any atom is 0.710 e. The van der Waals surface area contributed by atoms with Gasteiger partial charge in [-0.25, -0.2) is 4.79 Å². The molecule has 0 unspecified atom stereocenters. The Morgan fingerprint density at radius 2 is 2.14 bits per heavy atom. The van der Waals surface area contributed by atoms with E-state index in [0.717, 1.165) is 0 Å². The molecule has 0 bridgehead atoms. The Bertz CT molecular complexity index is 72.1. The number of carbonyl (C=O) groups is 1. The molecule has 0 aromatic carbocycles. The van der Waals surface area contributed by atoms with Crippen LogP contribution in [0.25, 0.3) is 0 Å². The molecule has 0 aliphatic rings. The smallest absolute Gasteiger partial charge is 0.468 e. The lowest BCUT2D eigenvalue weighted by atomic mass is 10.3. The topological polar surface area (TPSA) is 92.8 Å². The highest BCUT2D eigenvalue weighted by Crippen LogP contribution is 1.70. The van der Waals surface area contributed by atoms with Crippen molar-refractivity contribution < 1.29 is 19.5 Å². The first-order chi connectivity index (χ1) is 3.13. The maximum atomic E-state index is 9.49. The van der Waals surface area contributed by atoms with Gasteiger partial charge in [0.2, 0.25) is 0 Å². The van der Waals surface area contributed by atoms with Crippen LogP contribution in [0.15, 0.2) is 0 Å². The number of hydrogen-bond acceptors (Lipinski definition) is 4. The molecule has 0 aliphatic heterocycles. The molecular formula is CH4BNO4. The van der Waals surface area contributed by atoms with Gasteiger partial charge in [0.1, 0.15) is 0 Å². The van der Waals surface area contributed by atoms with Crippen molar-refractivity contribution in [3.05, 3.63) is 0 Å². The summed E-state index contributed by atoms with van der Waals surface area (Å²) < 4.78 is 3.50. The molecule has 0 rings (SSSR count). The van der Waals surface area contributed by atoms with Gasteiger partial charge in [0.15, 0.2) is 0 Å². The van der Waals surface area contributed by atoms with Crippen LogP contribution < -0.4 is 5.73 Å². The number of amides is 1. The normalized spacial score (nSPS) is 7.71.